The van der Waals surface area contributed by atoms with Crippen LogP contribution in [0.4, 0.5) is 4.39 Å². The number of ether oxygens (including phenoxy) is 1. The molecule has 1 aliphatic rings. The Morgan fingerprint density at radius 3 is 2.87 bits per heavy atom. The Labute approximate surface area is 135 Å². The molecular formula is C15H15FN4O2S. The molecule has 4 rings (SSSR count). The average Bonchev–Trinajstić information content (AvgIpc) is 3.13. The molecule has 3 heterocycles. The summed E-state index contributed by atoms with van der Waals surface area (Å²) >= 11 is 1.37. The highest BCUT2D eigenvalue weighted by molar-refractivity contribution is 7.17. The van der Waals surface area contributed by atoms with Crippen LogP contribution in [0.5, 0.6) is 5.88 Å². The van der Waals surface area contributed by atoms with Gasteiger partial charge in [0.1, 0.15) is 12.1 Å². The Balaban J connectivity index is 1.83. The van der Waals surface area contributed by atoms with Crippen molar-refractivity contribution in [2.75, 3.05) is 26.3 Å². The Morgan fingerprint density at radius 1 is 1.30 bits per heavy atom. The largest absolute Gasteiger partial charge is 0.492 e. The minimum atomic E-state index is -0.292. The summed E-state index contributed by atoms with van der Waals surface area (Å²) in [7, 11) is 0. The topological polar surface area (TPSA) is 62.9 Å². The van der Waals surface area contributed by atoms with Gasteiger partial charge in [0, 0.05) is 13.1 Å². The third kappa shape index (κ3) is 2.58. The summed E-state index contributed by atoms with van der Waals surface area (Å²) < 4.78 is 20.5. The number of aromatic nitrogens is 3. The summed E-state index contributed by atoms with van der Waals surface area (Å²) in [6.07, 6.45) is 1.40. The van der Waals surface area contributed by atoms with Gasteiger partial charge in [0.25, 0.3) is 0 Å². The van der Waals surface area contributed by atoms with E-state index in [1.54, 1.807) is 6.07 Å². The van der Waals surface area contributed by atoms with E-state index in [-0.39, 0.29) is 17.7 Å². The molecule has 1 atom stereocenters. The zero-order chi connectivity index (χ0) is 15.8. The standard InChI is InChI=1S/C15H15FN4O2S/c16-11-3-1-2-10(8-11)12(19-4-6-22-7-5-19)13-14(21)20-15(23-13)17-9-18-20/h1-3,8-9,12,21H,4-7H2/t12-/m0/s1. The number of fused-ring (bicyclic) bond motifs is 1. The maximum absolute atomic E-state index is 13.7. The van der Waals surface area contributed by atoms with Gasteiger partial charge in [0.15, 0.2) is 0 Å². The van der Waals surface area contributed by atoms with Crippen LogP contribution in [0.1, 0.15) is 16.5 Å². The highest BCUT2D eigenvalue weighted by Crippen LogP contribution is 2.39. The lowest BCUT2D eigenvalue weighted by Crippen LogP contribution is -2.39. The van der Waals surface area contributed by atoms with Crippen molar-refractivity contribution in [1.29, 1.82) is 0 Å². The van der Waals surface area contributed by atoms with E-state index in [0.717, 1.165) is 5.56 Å². The molecule has 6 nitrogen and oxygen atoms in total. The predicted molar refractivity (Wildman–Crippen MR) is 83.2 cm³/mol. The number of morpholine rings is 1. The second-order valence-electron chi connectivity index (χ2n) is 5.35. The van der Waals surface area contributed by atoms with Crippen LogP contribution in [0.2, 0.25) is 0 Å². The molecule has 1 N–H and O–H groups in total. The van der Waals surface area contributed by atoms with Crippen molar-refractivity contribution in [3.63, 3.8) is 0 Å². The van der Waals surface area contributed by atoms with E-state index in [4.69, 9.17) is 4.74 Å². The molecule has 1 aromatic carbocycles. The van der Waals surface area contributed by atoms with Gasteiger partial charge in [-0.15, -0.1) is 0 Å². The molecule has 0 bridgehead atoms. The number of nitrogens with zero attached hydrogens (tertiary/aromatic N) is 4. The third-order valence-corrected chi connectivity index (χ3v) is 5.05. The van der Waals surface area contributed by atoms with Crippen LogP contribution < -0.4 is 0 Å². The van der Waals surface area contributed by atoms with Crippen molar-refractivity contribution >= 4 is 16.3 Å². The smallest absolute Gasteiger partial charge is 0.230 e. The Bertz CT molecular complexity index is 828. The van der Waals surface area contributed by atoms with E-state index >= 15 is 0 Å². The summed E-state index contributed by atoms with van der Waals surface area (Å²) in [5, 5.41) is 14.6. The number of benzene rings is 1. The maximum Gasteiger partial charge on any atom is 0.230 e. The van der Waals surface area contributed by atoms with E-state index in [0.29, 0.717) is 36.1 Å². The molecule has 1 fully saturated rings. The first-order valence-corrected chi connectivity index (χ1v) is 8.14. The zero-order valence-electron chi connectivity index (χ0n) is 12.2. The van der Waals surface area contributed by atoms with Gasteiger partial charge < -0.3 is 9.84 Å². The average molecular weight is 334 g/mol. The van der Waals surface area contributed by atoms with Gasteiger partial charge in [-0.05, 0) is 17.7 Å². The fraction of sp³-hybridized carbons (Fsp3) is 0.333. The molecule has 120 valence electrons. The highest BCUT2D eigenvalue weighted by Gasteiger charge is 2.30. The van der Waals surface area contributed by atoms with Gasteiger partial charge in [0.2, 0.25) is 10.8 Å². The van der Waals surface area contributed by atoms with Crippen LogP contribution >= 0.6 is 11.3 Å². The van der Waals surface area contributed by atoms with Crippen molar-refractivity contribution in [1.82, 2.24) is 19.5 Å². The lowest BCUT2D eigenvalue weighted by Gasteiger charge is -2.34. The van der Waals surface area contributed by atoms with Crippen molar-refractivity contribution in [3.05, 3.63) is 46.9 Å². The quantitative estimate of drug-likeness (QED) is 0.794. The lowest BCUT2D eigenvalue weighted by atomic mass is 10.0. The molecule has 1 aliphatic heterocycles. The van der Waals surface area contributed by atoms with Crippen molar-refractivity contribution < 1.29 is 14.2 Å². The zero-order valence-corrected chi connectivity index (χ0v) is 13.0. The summed E-state index contributed by atoms with van der Waals surface area (Å²) in [6.45, 7) is 2.67. The second kappa shape index (κ2) is 5.88. The summed E-state index contributed by atoms with van der Waals surface area (Å²) in [5.74, 6) is -0.233. The van der Waals surface area contributed by atoms with E-state index in [1.165, 1.54) is 34.3 Å². The lowest BCUT2D eigenvalue weighted by molar-refractivity contribution is 0.0240. The van der Waals surface area contributed by atoms with Crippen LogP contribution in [-0.2, 0) is 4.74 Å². The first kappa shape index (κ1) is 14.6. The van der Waals surface area contributed by atoms with Crippen LogP contribution in [0.15, 0.2) is 30.6 Å². The van der Waals surface area contributed by atoms with Gasteiger partial charge >= 0.3 is 0 Å². The number of halogens is 1. The second-order valence-corrected chi connectivity index (χ2v) is 6.36. The van der Waals surface area contributed by atoms with Gasteiger partial charge in [-0.1, -0.05) is 23.5 Å². The minimum Gasteiger partial charge on any atom is -0.492 e. The van der Waals surface area contributed by atoms with Crippen molar-refractivity contribution in [2.45, 2.75) is 6.04 Å². The van der Waals surface area contributed by atoms with Crippen LogP contribution in [0, 0.1) is 5.82 Å². The molecule has 0 spiro atoms. The number of hydrogen-bond donors (Lipinski definition) is 1. The molecule has 3 aromatic rings. The number of thiazole rings is 1. The highest BCUT2D eigenvalue weighted by atomic mass is 32.1. The molecule has 0 unspecified atom stereocenters. The molecule has 0 amide bonds. The molecular weight excluding hydrogens is 319 g/mol. The molecule has 23 heavy (non-hydrogen) atoms. The van der Waals surface area contributed by atoms with Crippen molar-refractivity contribution in [2.24, 2.45) is 0 Å². The molecule has 0 saturated carbocycles. The van der Waals surface area contributed by atoms with Gasteiger partial charge in [-0.2, -0.15) is 9.61 Å². The van der Waals surface area contributed by atoms with Crippen LogP contribution in [0.3, 0.4) is 0 Å². The number of hydrogen-bond acceptors (Lipinski definition) is 6. The van der Waals surface area contributed by atoms with E-state index in [1.807, 2.05) is 6.07 Å². The fourth-order valence-electron chi connectivity index (χ4n) is 2.91. The number of rotatable bonds is 3. The van der Waals surface area contributed by atoms with Gasteiger partial charge in [-0.25, -0.2) is 9.37 Å². The fourth-order valence-corrected chi connectivity index (χ4v) is 4.00. The molecule has 1 saturated heterocycles. The van der Waals surface area contributed by atoms with Crippen LogP contribution in [-0.4, -0.2) is 50.9 Å². The summed E-state index contributed by atoms with van der Waals surface area (Å²) in [5.41, 5.74) is 0.798. The first-order chi connectivity index (χ1) is 11.2. The monoisotopic (exact) mass is 334 g/mol. The molecule has 8 heteroatoms. The summed E-state index contributed by atoms with van der Waals surface area (Å²) in [4.78, 5) is 7.65. The Kier molecular flexibility index (Phi) is 3.72. The van der Waals surface area contributed by atoms with Gasteiger partial charge in [-0.3, -0.25) is 4.90 Å². The maximum atomic E-state index is 13.7. The van der Waals surface area contributed by atoms with Crippen LogP contribution in [0.25, 0.3) is 4.96 Å². The van der Waals surface area contributed by atoms with Crippen molar-refractivity contribution in [3.8, 4) is 5.88 Å². The molecule has 0 radical (unpaired) electrons. The normalized spacial score (nSPS) is 17.6. The van der Waals surface area contributed by atoms with E-state index < -0.39 is 0 Å². The number of aromatic hydroxyl groups is 1. The summed E-state index contributed by atoms with van der Waals surface area (Å²) in [6, 6.07) is 6.24. The predicted octanol–water partition coefficient (Wildman–Crippen LogP) is 2.06. The third-order valence-electron chi connectivity index (χ3n) is 3.96. The van der Waals surface area contributed by atoms with E-state index in [9.17, 15) is 9.50 Å². The van der Waals surface area contributed by atoms with E-state index in [2.05, 4.69) is 15.0 Å². The molecule has 2 aromatic heterocycles. The Morgan fingerprint density at radius 2 is 2.13 bits per heavy atom. The van der Waals surface area contributed by atoms with Gasteiger partial charge in [0.05, 0.1) is 24.1 Å². The molecule has 0 aliphatic carbocycles. The first-order valence-electron chi connectivity index (χ1n) is 7.32. The minimum absolute atomic E-state index is 0.0586. The SMILES string of the molecule is Oc1c([C@H](c2cccc(F)c2)N2CCOCC2)sc2ncnn12. The Hall–Kier alpha value is -2.03.